The number of hydrogen-bond acceptors (Lipinski definition) is 1. The third-order valence-corrected chi connectivity index (χ3v) is 2.10. The van der Waals surface area contributed by atoms with Crippen LogP contribution in [0.4, 0.5) is 0 Å². The number of carbonyl (C=O) groups is 1. The minimum absolute atomic E-state index is 0.174. The summed E-state index contributed by atoms with van der Waals surface area (Å²) in [5.74, 6) is 3.02. The molecule has 0 fully saturated rings. The summed E-state index contributed by atoms with van der Waals surface area (Å²) < 4.78 is 0. The smallest absolute Gasteiger partial charge is 0.163 e. The number of hydrogen-bond donors (Lipinski definition) is 0. The standard InChI is InChI=1S/C13H14O/c1-3-7-11(2)10-13(14)12-8-5-4-6-9-12/h1,4-6,8-9,11H,7,10H2,2H3. The topological polar surface area (TPSA) is 17.1 Å². The Kier molecular flexibility index (Phi) is 3.94. The molecule has 72 valence electrons. The number of ketones is 1. The fourth-order valence-electron chi connectivity index (χ4n) is 1.33. The molecule has 0 bridgehead atoms. The van der Waals surface area contributed by atoms with Crippen molar-refractivity contribution in [3.05, 3.63) is 35.9 Å². The van der Waals surface area contributed by atoms with Gasteiger partial charge in [-0.2, -0.15) is 0 Å². The Morgan fingerprint density at radius 3 is 2.64 bits per heavy atom. The third-order valence-electron chi connectivity index (χ3n) is 2.10. The van der Waals surface area contributed by atoms with Crippen LogP contribution in [-0.2, 0) is 0 Å². The molecule has 1 aromatic carbocycles. The van der Waals surface area contributed by atoms with Gasteiger partial charge in [0.1, 0.15) is 0 Å². The summed E-state index contributed by atoms with van der Waals surface area (Å²) >= 11 is 0. The molecule has 0 radical (unpaired) electrons. The van der Waals surface area contributed by atoms with Crippen molar-refractivity contribution < 1.29 is 4.79 Å². The molecule has 0 aliphatic carbocycles. The van der Waals surface area contributed by atoms with Crippen LogP contribution in [0.3, 0.4) is 0 Å². The minimum Gasteiger partial charge on any atom is -0.294 e. The van der Waals surface area contributed by atoms with Gasteiger partial charge in [-0.25, -0.2) is 0 Å². The van der Waals surface area contributed by atoms with Gasteiger partial charge in [-0.05, 0) is 5.92 Å². The fraction of sp³-hybridized carbons (Fsp3) is 0.308. The molecule has 1 aromatic rings. The molecule has 1 rings (SSSR count). The van der Waals surface area contributed by atoms with Crippen molar-refractivity contribution in [3.63, 3.8) is 0 Å². The zero-order valence-corrected chi connectivity index (χ0v) is 8.36. The Hall–Kier alpha value is -1.55. The zero-order chi connectivity index (χ0) is 10.4. The third kappa shape index (κ3) is 3.06. The summed E-state index contributed by atoms with van der Waals surface area (Å²) in [5, 5.41) is 0. The van der Waals surface area contributed by atoms with Gasteiger partial charge in [-0.3, -0.25) is 4.79 Å². The van der Waals surface area contributed by atoms with Crippen LogP contribution in [0.5, 0.6) is 0 Å². The molecule has 0 aliphatic heterocycles. The Labute approximate surface area is 85.1 Å². The van der Waals surface area contributed by atoms with Crippen molar-refractivity contribution in [2.45, 2.75) is 19.8 Å². The molecular formula is C13H14O. The lowest BCUT2D eigenvalue weighted by molar-refractivity contribution is 0.0965. The maximum atomic E-state index is 11.7. The molecule has 14 heavy (non-hydrogen) atoms. The van der Waals surface area contributed by atoms with Crippen LogP contribution >= 0.6 is 0 Å². The molecule has 0 saturated carbocycles. The van der Waals surface area contributed by atoms with E-state index >= 15 is 0 Å². The average Bonchev–Trinajstić information content (AvgIpc) is 2.19. The maximum Gasteiger partial charge on any atom is 0.163 e. The highest BCUT2D eigenvalue weighted by molar-refractivity contribution is 5.96. The molecule has 1 atom stereocenters. The zero-order valence-electron chi connectivity index (χ0n) is 8.36. The first-order chi connectivity index (χ1) is 6.74. The molecular weight excluding hydrogens is 172 g/mol. The first kappa shape index (κ1) is 10.5. The van der Waals surface area contributed by atoms with E-state index in [4.69, 9.17) is 6.42 Å². The van der Waals surface area contributed by atoms with Crippen LogP contribution in [0.15, 0.2) is 30.3 Å². The second-order valence-corrected chi connectivity index (χ2v) is 3.51. The lowest BCUT2D eigenvalue weighted by atomic mass is 9.97. The van der Waals surface area contributed by atoms with Crippen molar-refractivity contribution in [1.82, 2.24) is 0 Å². The summed E-state index contributed by atoms with van der Waals surface area (Å²) in [7, 11) is 0. The summed E-state index contributed by atoms with van der Waals surface area (Å²) in [4.78, 5) is 11.7. The molecule has 1 nitrogen and oxygen atoms in total. The Morgan fingerprint density at radius 2 is 2.07 bits per heavy atom. The van der Waals surface area contributed by atoms with Crippen LogP contribution in [0.1, 0.15) is 30.1 Å². The van der Waals surface area contributed by atoms with E-state index < -0.39 is 0 Å². The molecule has 1 heteroatoms. The highest BCUT2D eigenvalue weighted by atomic mass is 16.1. The van der Waals surface area contributed by atoms with E-state index in [0.717, 1.165) is 5.56 Å². The Morgan fingerprint density at radius 1 is 1.43 bits per heavy atom. The quantitative estimate of drug-likeness (QED) is 0.522. The summed E-state index contributed by atoms with van der Waals surface area (Å²) in [6, 6.07) is 9.33. The van der Waals surface area contributed by atoms with E-state index in [1.165, 1.54) is 0 Å². The van der Waals surface area contributed by atoms with Gasteiger partial charge in [-0.15, -0.1) is 12.3 Å². The number of carbonyl (C=O) groups excluding carboxylic acids is 1. The van der Waals surface area contributed by atoms with E-state index in [-0.39, 0.29) is 11.7 Å². The lowest BCUT2D eigenvalue weighted by Gasteiger charge is -2.06. The molecule has 0 amide bonds. The molecule has 1 unspecified atom stereocenters. The maximum absolute atomic E-state index is 11.7. The molecule has 0 aliphatic rings. The molecule has 0 spiro atoms. The molecule has 0 saturated heterocycles. The van der Waals surface area contributed by atoms with Crippen molar-refractivity contribution >= 4 is 5.78 Å². The lowest BCUT2D eigenvalue weighted by Crippen LogP contribution is -2.05. The molecule has 0 heterocycles. The highest BCUT2D eigenvalue weighted by Gasteiger charge is 2.09. The second-order valence-electron chi connectivity index (χ2n) is 3.51. The van der Waals surface area contributed by atoms with E-state index in [1.807, 2.05) is 37.3 Å². The van der Waals surface area contributed by atoms with Gasteiger partial charge in [0.15, 0.2) is 5.78 Å². The van der Waals surface area contributed by atoms with E-state index in [0.29, 0.717) is 12.8 Å². The first-order valence-electron chi connectivity index (χ1n) is 4.75. The van der Waals surface area contributed by atoms with Crippen molar-refractivity contribution in [2.75, 3.05) is 0 Å². The van der Waals surface area contributed by atoms with Gasteiger partial charge in [0.25, 0.3) is 0 Å². The second kappa shape index (κ2) is 5.24. The van der Waals surface area contributed by atoms with E-state index in [9.17, 15) is 4.79 Å². The number of Topliss-reactive ketones (excluding diaryl/α,β-unsaturated/α-hetero) is 1. The van der Waals surface area contributed by atoms with E-state index in [1.54, 1.807) is 0 Å². The highest BCUT2D eigenvalue weighted by Crippen LogP contribution is 2.11. The summed E-state index contributed by atoms with van der Waals surface area (Å²) in [6.07, 6.45) is 6.38. The molecule has 0 N–H and O–H groups in total. The molecule has 0 aromatic heterocycles. The van der Waals surface area contributed by atoms with Gasteiger partial charge >= 0.3 is 0 Å². The summed E-state index contributed by atoms with van der Waals surface area (Å²) in [6.45, 7) is 2.00. The predicted molar refractivity (Wildman–Crippen MR) is 58.0 cm³/mol. The van der Waals surface area contributed by atoms with Crippen molar-refractivity contribution in [2.24, 2.45) is 5.92 Å². The predicted octanol–water partition coefficient (Wildman–Crippen LogP) is 2.92. The fourth-order valence-corrected chi connectivity index (χ4v) is 1.33. The Balaban J connectivity index is 2.56. The van der Waals surface area contributed by atoms with Crippen LogP contribution in [-0.4, -0.2) is 5.78 Å². The van der Waals surface area contributed by atoms with Gasteiger partial charge in [0.2, 0.25) is 0 Å². The van der Waals surface area contributed by atoms with Crippen LogP contribution in [0, 0.1) is 18.3 Å². The van der Waals surface area contributed by atoms with Gasteiger partial charge < -0.3 is 0 Å². The van der Waals surface area contributed by atoms with Crippen LogP contribution in [0.25, 0.3) is 0 Å². The minimum atomic E-state index is 0.174. The van der Waals surface area contributed by atoms with Gasteiger partial charge in [0.05, 0.1) is 0 Å². The van der Waals surface area contributed by atoms with Gasteiger partial charge in [-0.1, -0.05) is 37.3 Å². The monoisotopic (exact) mass is 186 g/mol. The van der Waals surface area contributed by atoms with Crippen LogP contribution < -0.4 is 0 Å². The SMILES string of the molecule is C#CCC(C)CC(=O)c1ccccc1. The first-order valence-corrected chi connectivity index (χ1v) is 4.75. The number of benzene rings is 1. The summed E-state index contributed by atoms with van der Waals surface area (Å²) in [5.41, 5.74) is 0.774. The largest absolute Gasteiger partial charge is 0.294 e. The van der Waals surface area contributed by atoms with Crippen molar-refractivity contribution in [3.8, 4) is 12.3 Å². The van der Waals surface area contributed by atoms with Gasteiger partial charge in [0, 0.05) is 18.4 Å². The Bertz CT molecular complexity index is 332. The van der Waals surface area contributed by atoms with E-state index in [2.05, 4.69) is 5.92 Å². The normalized spacial score (nSPS) is 11.7. The number of rotatable bonds is 4. The van der Waals surface area contributed by atoms with Crippen molar-refractivity contribution in [1.29, 1.82) is 0 Å². The average molecular weight is 186 g/mol. The number of terminal acetylenes is 1. The van der Waals surface area contributed by atoms with Crippen LogP contribution in [0.2, 0.25) is 0 Å².